The zero-order chi connectivity index (χ0) is 24.5. The number of fused-ring (bicyclic) bond motifs is 1. The van der Waals surface area contributed by atoms with E-state index in [0.29, 0.717) is 17.4 Å². The van der Waals surface area contributed by atoms with E-state index in [2.05, 4.69) is 22.2 Å². The maximum atomic E-state index is 13.0. The lowest BCUT2D eigenvalue weighted by Crippen LogP contribution is -2.38. The summed E-state index contributed by atoms with van der Waals surface area (Å²) in [6.45, 7) is 10.2. The molecule has 33 heavy (non-hydrogen) atoms. The summed E-state index contributed by atoms with van der Waals surface area (Å²) in [6, 6.07) is 10.00. The van der Waals surface area contributed by atoms with Gasteiger partial charge in [0.15, 0.2) is 5.65 Å². The van der Waals surface area contributed by atoms with E-state index < -0.39 is 21.9 Å². The lowest BCUT2D eigenvalue weighted by molar-refractivity contribution is -0.120. The van der Waals surface area contributed by atoms with Crippen molar-refractivity contribution in [3.05, 3.63) is 62.6 Å². The minimum atomic E-state index is -0.499. The maximum absolute atomic E-state index is 13.0. The molecule has 0 radical (unpaired) electrons. The zero-order valence-corrected chi connectivity index (χ0v) is 21.0. The Morgan fingerprint density at radius 2 is 1.70 bits per heavy atom. The fourth-order valence-corrected chi connectivity index (χ4v) is 4.33. The number of hydrogen-bond acceptors (Lipinski definition) is 6. The van der Waals surface area contributed by atoms with Crippen molar-refractivity contribution in [2.75, 3.05) is 6.54 Å². The third-order valence-electron chi connectivity index (χ3n) is 5.55. The molecule has 9 heteroatoms. The molecule has 8 nitrogen and oxygen atoms in total. The van der Waals surface area contributed by atoms with E-state index in [1.807, 2.05) is 51.1 Å². The summed E-state index contributed by atoms with van der Waals surface area (Å²) >= 11 is 1.20. The van der Waals surface area contributed by atoms with Crippen molar-refractivity contribution in [2.45, 2.75) is 56.2 Å². The van der Waals surface area contributed by atoms with Gasteiger partial charge >= 0.3 is 5.69 Å². The predicted octanol–water partition coefficient (Wildman–Crippen LogP) is 2.73. The Bertz CT molecular complexity index is 1290. The minimum absolute atomic E-state index is 0.145. The van der Waals surface area contributed by atoms with Crippen LogP contribution >= 0.6 is 11.8 Å². The van der Waals surface area contributed by atoms with E-state index in [0.717, 1.165) is 10.1 Å². The first-order valence-electron chi connectivity index (χ1n) is 10.9. The number of benzene rings is 1. The number of carbonyl (C=O) groups is 1. The number of rotatable bonds is 6. The normalized spacial score (nSPS) is 13.7. The highest BCUT2D eigenvalue weighted by Crippen LogP contribution is 2.29. The van der Waals surface area contributed by atoms with Crippen molar-refractivity contribution in [3.8, 4) is 0 Å². The molecule has 0 unspecified atom stereocenters. The molecule has 0 aliphatic rings. The number of amides is 1. The van der Waals surface area contributed by atoms with Gasteiger partial charge in [0.25, 0.3) is 5.56 Å². The molecule has 0 bridgehead atoms. The van der Waals surface area contributed by atoms with Crippen LogP contribution in [-0.4, -0.2) is 36.8 Å². The largest absolute Gasteiger partial charge is 0.355 e. The van der Waals surface area contributed by atoms with Gasteiger partial charge in [-0.25, -0.2) is 14.8 Å². The van der Waals surface area contributed by atoms with Gasteiger partial charge in [-0.05, 0) is 18.4 Å². The number of carbonyl (C=O) groups excluding carboxylic acids is 1. The van der Waals surface area contributed by atoms with Gasteiger partial charge in [0.1, 0.15) is 16.2 Å². The number of hydrogen-bond donors (Lipinski definition) is 1. The highest BCUT2D eigenvalue weighted by atomic mass is 32.2. The molecule has 2 heterocycles. The average Bonchev–Trinajstić information content (AvgIpc) is 2.78. The van der Waals surface area contributed by atoms with E-state index in [1.54, 1.807) is 14.0 Å². The van der Waals surface area contributed by atoms with Crippen LogP contribution in [0.1, 0.15) is 51.9 Å². The lowest BCUT2D eigenvalue weighted by Gasteiger charge is -2.20. The summed E-state index contributed by atoms with van der Waals surface area (Å²) in [4.78, 5) is 47.5. The monoisotopic (exact) mass is 469 g/mol. The first kappa shape index (κ1) is 24.7. The molecular weight excluding hydrogens is 438 g/mol. The molecule has 2 atom stereocenters. The van der Waals surface area contributed by atoms with Gasteiger partial charge in [-0.15, -0.1) is 0 Å². The van der Waals surface area contributed by atoms with Crippen LogP contribution in [0.3, 0.4) is 0 Å². The van der Waals surface area contributed by atoms with Crippen LogP contribution in [0.5, 0.6) is 0 Å². The Labute approximate surface area is 197 Å². The van der Waals surface area contributed by atoms with Crippen molar-refractivity contribution >= 4 is 28.7 Å². The summed E-state index contributed by atoms with van der Waals surface area (Å²) in [5, 5.41) is 3.15. The SMILES string of the molecule is C[C@H](CNC(=O)[C@@H](C)Sc1nc(C(C)(C)C)nc2c1c(=O)n(C)c(=O)n2C)c1ccccc1. The van der Waals surface area contributed by atoms with Crippen molar-refractivity contribution in [3.63, 3.8) is 0 Å². The smallest absolute Gasteiger partial charge is 0.332 e. The van der Waals surface area contributed by atoms with Crippen LogP contribution in [-0.2, 0) is 24.3 Å². The number of aryl methyl sites for hydroxylation is 1. The second-order valence-corrected chi connectivity index (χ2v) is 10.7. The molecule has 0 spiro atoms. The Morgan fingerprint density at radius 1 is 1.06 bits per heavy atom. The van der Waals surface area contributed by atoms with Crippen molar-refractivity contribution in [2.24, 2.45) is 14.1 Å². The number of nitrogens with zero attached hydrogens (tertiary/aromatic N) is 4. The highest BCUT2D eigenvalue weighted by Gasteiger charge is 2.26. The third-order valence-corrected chi connectivity index (χ3v) is 6.63. The van der Waals surface area contributed by atoms with Gasteiger partial charge in [0.05, 0.1) is 5.25 Å². The third kappa shape index (κ3) is 5.19. The van der Waals surface area contributed by atoms with Crippen molar-refractivity contribution < 1.29 is 4.79 Å². The van der Waals surface area contributed by atoms with Crippen LogP contribution in [0.25, 0.3) is 11.0 Å². The molecule has 0 saturated heterocycles. The van der Waals surface area contributed by atoms with Crippen LogP contribution in [0.2, 0.25) is 0 Å². The van der Waals surface area contributed by atoms with Crippen molar-refractivity contribution in [1.29, 1.82) is 0 Å². The zero-order valence-electron chi connectivity index (χ0n) is 20.2. The molecule has 3 rings (SSSR count). The first-order chi connectivity index (χ1) is 15.4. The molecule has 0 aliphatic carbocycles. The standard InChI is InChI=1S/C24H31N5O3S/c1-14(16-11-9-8-10-12-16)13-25-19(30)15(2)33-20-17-18(26-22(27-20)24(3,4)5)28(6)23(32)29(7)21(17)31/h8-12,14-15H,13H2,1-7H3,(H,25,30)/t14-,15-/m1/s1. The van der Waals surface area contributed by atoms with Crippen LogP contribution in [0, 0.1) is 0 Å². The molecule has 0 fully saturated rings. The fourth-order valence-electron chi connectivity index (χ4n) is 3.37. The molecule has 1 aromatic carbocycles. The molecule has 0 aliphatic heterocycles. The van der Waals surface area contributed by atoms with E-state index in [1.165, 1.54) is 23.4 Å². The Hall–Kier alpha value is -2.94. The molecule has 176 valence electrons. The lowest BCUT2D eigenvalue weighted by atomic mass is 9.96. The molecule has 3 aromatic rings. The number of nitrogens with one attached hydrogen (secondary N) is 1. The maximum Gasteiger partial charge on any atom is 0.332 e. The fraction of sp³-hybridized carbons (Fsp3) is 0.458. The topological polar surface area (TPSA) is 98.9 Å². The van der Waals surface area contributed by atoms with Crippen LogP contribution < -0.4 is 16.6 Å². The second-order valence-electron chi connectivity index (χ2n) is 9.32. The number of thioether (sulfide) groups is 1. The highest BCUT2D eigenvalue weighted by molar-refractivity contribution is 8.00. The predicted molar refractivity (Wildman–Crippen MR) is 132 cm³/mol. The van der Waals surface area contributed by atoms with Gasteiger partial charge in [-0.3, -0.25) is 18.7 Å². The number of aromatic nitrogens is 4. The summed E-state index contributed by atoms with van der Waals surface area (Å²) in [7, 11) is 3.01. The molecule has 1 amide bonds. The Morgan fingerprint density at radius 3 is 2.30 bits per heavy atom. The van der Waals surface area contributed by atoms with E-state index in [4.69, 9.17) is 0 Å². The average molecular weight is 470 g/mol. The summed E-state index contributed by atoms with van der Waals surface area (Å²) in [5.41, 5.74) is 0.0936. The van der Waals surface area contributed by atoms with E-state index >= 15 is 0 Å². The van der Waals surface area contributed by atoms with Gasteiger partial charge in [0, 0.05) is 26.1 Å². The van der Waals surface area contributed by atoms with Gasteiger partial charge < -0.3 is 5.32 Å². The molecule has 0 saturated carbocycles. The molecule has 1 N–H and O–H groups in total. The molecule has 2 aromatic heterocycles. The van der Waals surface area contributed by atoms with E-state index in [9.17, 15) is 14.4 Å². The minimum Gasteiger partial charge on any atom is -0.355 e. The summed E-state index contributed by atoms with van der Waals surface area (Å²) in [5.74, 6) is 0.529. The van der Waals surface area contributed by atoms with Crippen LogP contribution in [0.4, 0.5) is 0 Å². The summed E-state index contributed by atoms with van der Waals surface area (Å²) < 4.78 is 2.39. The Kier molecular flexibility index (Phi) is 7.11. The quantitative estimate of drug-likeness (QED) is 0.440. The van der Waals surface area contributed by atoms with Crippen LogP contribution in [0.15, 0.2) is 44.9 Å². The van der Waals surface area contributed by atoms with Gasteiger partial charge in [-0.1, -0.05) is 69.8 Å². The molecular formula is C24H31N5O3S. The second kappa shape index (κ2) is 9.51. The van der Waals surface area contributed by atoms with Gasteiger partial charge in [0.2, 0.25) is 5.91 Å². The summed E-state index contributed by atoms with van der Waals surface area (Å²) in [6.07, 6.45) is 0. The van der Waals surface area contributed by atoms with Gasteiger partial charge in [-0.2, -0.15) is 0 Å². The van der Waals surface area contributed by atoms with Crippen molar-refractivity contribution in [1.82, 2.24) is 24.4 Å². The first-order valence-corrected chi connectivity index (χ1v) is 11.8. The van der Waals surface area contributed by atoms with E-state index in [-0.39, 0.29) is 22.9 Å². The Balaban J connectivity index is 1.93.